The third-order valence-corrected chi connectivity index (χ3v) is 5.87. The molecule has 0 aromatic heterocycles. The zero-order chi connectivity index (χ0) is 26.6. The summed E-state index contributed by atoms with van der Waals surface area (Å²) in [6, 6.07) is 5.32. The first-order valence-corrected chi connectivity index (χ1v) is 11.9. The molecule has 4 N–H and O–H groups in total. The van der Waals surface area contributed by atoms with E-state index < -0.39 is 46.3 Å². The van der Waals surface area contributed by atoms with Crippen LogP contribution in [0.2, 0.25) is 5.02 Å². The predicted molar refractivity (Wildman–Crippen MR) is 123 cm³/mol. The van der Waals surface area contributed by atoms with Crippen LogP contribution in [0.3, 0.4) is 0 Å². The van der Waals surface area contributed by atoms with E-state index in [-0.39, 0.29) is 33.0 Å². The van der Waals surface area contributed by atoms with Crippen molar-refractivity contribution in [3.8, 4) is 5.75 Å². The summed E-state index contributed by atoms with van der Waals surface area (Å²) in [5, 5.41) is 9.99. The number of nitrogens with one attached hydrogen (secondary N) is 2. The van der Waals surface area contributed by atoms with Gasteiger partial charge in [0.15, 0.2) is 6.61 Å². The molecule has 1 amide bonds. The number of halogens is 4. The van der Waals surface area contributed by atoms with Crippen molar-refractivity contribution >= 4 is 44.9 Å². The first kappa shape index (κ1) is 28.2. The van der Waals surface area contributed by atoms with Gasteiger partial charge in [0.25, 0.3) is 5.91 Å². The topological polar surface area (TPSA) is 137 Å². The number of methoxy groups -OCH3 is 1. The lowest BCUT2D eigenvalue weighted by atomic mass is 10.0. The lowest BCUT2D eigenvalue weighted by Crippen LogP contribution is -2.37. The Hall–Kier alpha value is -3.03. The van der Waals surface area contributed by atoms with Crippen LogP contribution in [0.15, 0.2) is 41.3 Å². The van der Waals surface area contributed by atoms with Crippen molar-refractivity contribution in [1.82, 2.24) is 0 Å². The number of hydrogen-bond acceptors (Lipinski definition) is 7. The third-order valence-electron chi connectivity index (χ3n) is 4.63. The fourth-order valence-electron chi connectivity index (χ4n) is 2.87. The van der Waals surface area contributed by atoms with Gasteiger partial charge in [-0.05, 0) is 42.3 Å². The monoisotopic (exact) mass is 537 g/mol. The van der Waals surface area contributed by atoms with E-state index in [0.29, 0.717) is 0 Å². The Kier molecular flexibility index (Phi) is 8.98. The van der Waals surface area contributed by atoms with Gasteiger partial charge in [0.05, 0.1) is 23.4 Å². The minimum Gasteiger partial charge on any atom is -0.495 e. The first-order chi connectivity index (χ1) is 16.1. The average Bonchev–Trinajstić information content (AvgIpc) is 2.75. The highest BCUT2D eigenvalue weighted by Gasteiger charge is 2.32. The Labute approximate surface area is 204 Å². The maximum atomic E-state index is 12.8. The van der Waals surface area contributed by atoms with Gasteiger partial charge in [-0.25, -0.2) is 18.4 Å². The SMILES string of the molecule is COc1ccc(NC(=O)COC(=O)C(Nc2ccc(C(F)(F)F)cc2Cl)C(C)C)cc1S(N)(=O)=O. The van der Waals surface area contributed by atoms with Crippen molar-refractivity contribution in [1.29, 1.82) is 0 Å². The third kappa shape index (κ3) is 7.73. The molecule has 0 fully saturated rings. The predicted octanol–water partition coefficient (Wildman–Crippen LogP) is 3.63. The van der Waals surface area contributed by atoms with Crippen LogP contribution in [0.4, 0.5) is 24.5 Å². The number of ether oxygens (including phenoxy) is 2. The van der Waals surface area contributed by atoms with E-state index in [1.807, 2.05) is 0 Å². The Morgan fingerprint density at radius 3 is 2.31 bits per heavy atom. The maximum absolute atomic E-state index is 12.8. The maximum Gasteiger partial charge on any atom is 0.416 e. The highest BCUT2D eigenvalue weighted by Crippen LogP contribution is 2.34. The van der Waals surface area contributed by atoms with E-state index in [4.69, 9.17) is 26.2 Å². The number of rotatable bonds is 9. The molecule has 0 saturated heterocycles. The number of benzene rings is 2. The van der Waals surface area contributed by atoms with Gasteiger partial charge in [0.2, 0.25) is 10.0 Å². The van der Waals surface area contributed by atoms with E-state index in [1.165, 1.54) is 19.2 Å². The van der Waals surface area contributed by atoms with E-state index in [9.17, 15) is 31.2 Å². The molecule has 9 nitrogen and oxygen atoms in total. The number of nitrogens with two attached hydrogens (primary N) is 1. The summed E-state index contributed by atoms with van der Waals surface area (Å²) >= 11 is 5.93. The average molecular weight is 538 g/mol. The van der Waals surface area contributed by atoms with Crippen LogP contribution in [0.1, 0.15) is 19.4 Å². The van der Waals surface area contributed by atoms with E-state index in [2.05, 4.69) is 10.6 Å². The molecule has 14 heteroatoms. The summed E-state index contributed by atoms with van der Waals surface area (Å²) < 4.78 is 71.8. The van der Waals surface area contributed by atoms with Gasteiger partial charge in [-0.2, -0.15) is 13.2 Å². The van der Waals surface area contributed by atoms with Crippen molar-refractivity contribution in [2.75, 3.05) is 24.4 Å². The van der Waals surface area contributed by atoms with Crippen molar-refractivity contribution < 1.29 is 40.7 Å². The molecule has 0 bridgehead atoms. The molecule has 192 valence electrons. The van der Waals surface area contributed by atoms with Crippen molar-refractivity contribution in [3.05, 3.63) is 47.0 Å². The molecule has 2 aromatic carbocycles. The largest absolute Gasteiger partial charge is 0.495 e. The van der Waals surface area contributed by atoms with Crippen LogP contribution >= 0.6 is 11.6 Å². The van der Waals surface area contributed by atoms with Crippen LogP contribution in [0, 0.1) is 5.92 Å². The Morgan fingerprint density at radius 1 is 1.14 bits per heavy atom. The van der Waals surface area contributed by atoms with Gasteiger partial charge < -0.3 is 20.1 Å². The van der Waals surface area contributed by atoms with E-state index in [1.54, 1.807) is 13.8 Å². The summed E-state index contributed by atoms with van der Waals surface area (Å²) in [7, 11) is -2.89. The summed E-state index contributed by atoms with van der Waals surface area (Å²) in [5.74, 6) is -2.04. The fourth-order valence-corrected chi connectivity index (χ4v) is 3.83. The number of sulfonamides is 1. The molecule has 2 aromatic rings. The Balaban J connectivity index is 2.06. The molecular weight excluding hydrogens is 515 g/mol. The zero-order valence-electron chi connectivity index (χ0n) is 18.8. The summed E-state index contributed by atoms with van der Waals surface area (Å²) in [5.41, 5.74) is -0.808. The number of anilines is 2. The number of alkyl halides is 3. The van der Waals surface area contributed by atoms with Crippen LogP contribution in [-0.4, -0.2) is 40.1 Å². The number of carbonyl (C=O) groups excluding carboxylic acids is 2. The molecular formula is C21H23ClF3N3O6S. The van der Waals surface area contributed by atoms with Crippen LogP contribution in [0.25, 0.3) is 0 Å². The minimum absolute atomic E-state index is 0.0234. The highest BCUT2D eigenvalue weighted by molar-refractivity contribution is 7.89. The van der Waals surface area contributed by atoms with Crippen molar-refractivity contribution in [3.63, 3.8) is 0 Å². The summed E-state index contributed by atoms with van der Waals surface area (Å²) in [4.78, 5) is 24.4. The molecule has 0 aliphatic rings. The van der Waals surface area contributed by atoms with Crippen molar-refractivity contribution in [2.45, 2.75) is 31.0 Å². The molecule has 0 heterocycles. The van der Waals surface area contributed by atoms with Gasteiger partial charge in [0.1, 0.15) is 16.7 Å². The Bertz CT molecular complexity index is 1210. The van der Waals surface area contributed by atoms with E-state index >= 15 is 0 Å². The minimum atomic E-state index is -4.58. The quantitative estimate of drug-likeness (QED) is 0.415. The lowest BCUT2D eigenvalue weighted by molar-refractivity contribution is -0.149. The van der Waals surface area contributed by atoms with Gasteiger partial charge in [-0.1, -0.05) is 25.4 Å². The van der Waals surface area contributed by atoms with Crippen LogP contribution in [0.5, 0.6) is 5.75 Å². The molecule has 0 aliphatic carbocycles. The van der Waals surface area contributed by atoms with Gasteiger partial charge in [0, 0.05) is 5.69 Å². The standard InChI is InChI=1S/C21H23ClF3N3O6S/c1-11(2)19(28-15-6-4-12(8-14(15)22)21(23,24)25)20(30)34-10-18(29)27-13-5-7-16(33-3)17(9-13)35(26,31)32/h4-9,11,19,28H,10H2,1-3H3,(H,27,29)(H2,26,31,32). The first-order valence-electron chi connectivity index (χ1n) is 9.94. The molecule has 0 radical (unpaired) electrons. The van der Waals surface area contributed by atoms with Gasteiger partial charge in [-0.3, -0.25) is 4.79 Å². The highest BCUT2D eigenvalue weighted by atomic mass is 35.5. The molecule has 2 rings (SSSR count). The molecule has 1 atom stereocenters. The molecule has 0 spiro atoms. The number of hydrogen-bond donors (Lipinski definition) is 3. The Morgan fingerprint density at radius 2 is 1.80 bits per heavy atom. The van der Waals surface area contributed by atoms with Gasteiger partial charge >= 0.3 is 12.1 Å². The smallest absolute Gasteiger partial charge is 0.416 e. The number of carbonyl (C=O) groups is 2. The second-order valence-electron chi connectivity index (χ2n) is 7.62. The summed E-state index contributed by atoms with van der Waals surface area (Å²) in [6.45, 7) is 2.59. The molecule has 35 heavy (non-hydrogen) atoms. The van der Waals surface area contributed by atoms with Crippen LogP contribution < -0.4 is 20.5 Å². The van der Waals surface area contributed by atoms with Crippen molar-refractivity contribution in [2.24, 2.45) is 11.1 Å². The van der Waals surface area contributed by atoms with Crippen LogP contribution in [-0.2, 0) is 30.5 Å². The lowest BCUT2D eigenvalue weighted by Gasteiger charge is -2.23. The number of amides is 1. The molecule has 0 aliphatic heterocycles. The zero-order valence-corrected chi connectivity index (χ0v) is 20.3. The van der Waals surface area contributed by atoms with Gasteiger partial charge in [-0.15, -0.1) is 0 Å². The summed E-state index contributed by atoms with van der Waals surface area (Å²) in [6.07, 6.45) is -4.58. The number of primary sulfonamides is 1. The normalized spacial score (nSPS) is 12.7. The fraction of sp³-hybridized carbons (Fsp3) is 0.333. The second kappa shape index (κ2) is 11.1. The molecule has 0 saturated carbocycles. The molecule has 1 unspecified atom stereocenters. The van der Waals surface area contributed by atoms with E-state index in [0.717, 1.165) is 24.3 Å². The second-order valence-corrected chi connectivity index (χ2v) is 9.56. The number of esters is 1.